The molecule has 0 atom stereocenters. The molecule has 0 N–H and O–H groups in total. The molecule has 2 fully saturated rings. The molecule has 0 aliphatic carbocycles. The summed E-state index contributed by atoms with van der Waals surface area (Å²) in [6, 6.07) is 4.17. The fourth-order valence-electron chi connectivity index (χ4n) is 3.13. The van der Waals surface area contributed by atoms with Gasteiger partial charge in [-0.3, -0.25) is 9.80 Å². The Balaban J connectivity index is 1.40. The van der Waals surface area contributed by atoms with Crippen LogP contribution in [-0.2, 0) is 11.3 Å². The lowest BCUT2D eigenvalue weighted by Gasteiger charge is -2.35. The zero-order chi connectivity index (χ0) is 13.8. The van der Waals surface area contributed by atoms with Crippen molar-refractivity contribution in [3.8, 4) is 0 Å². The van der Waals surface area contributed by atoms with Crippen molar-refractivity contribution in [3.05, 3.63) is 21.3 Å². The summed E-state index contributed by atoms with van der Waals surface area (Å²) in [5.41, 5.74) is 0. The van der Waals surface area contributed by atoms with E-state index in [0.717, 1.165) is 43.1 Å². The third kappa shape index (κ3) is 4.18. The molecule has 2 aliphatic rings. The van der Waals surface area contributed by atoms with Crippen molar-refractivity contribution in [1.29, 1.82) is 0 Å². The summed E-state index contributed by atoms with van der Waals surface area (Å²) >= 11 is 7.71. The first-order valence-corrected chi connectivity index (χ1v) is 8.76. The normalized spacial score (nSPS) is 23.2. The quantitative estimate of drug-likeness (QED) is 0.850. The monoisotopic (exact) mass is 314 g/mol. The average Bonchev–Trinajstić information content (AvgIpc) is 2.88. The Morgan fingerprint density at radius 2 is 1.85 bits per heavy atom. The molecule has 0 unspecified atom stereocenters. The number of piperidine rings is 1. The number of likely N-dealkylation sites (tertiary alicyclic amines) is 1. The molecule has 2 saturated heterocycles. The average molecular weight is 315 g/mol. The molecule has 0 radical (unpaired) electrons. The third-order valence-electron chi connectivity index (χ3n) is 4.34. The Hall–Kier alpha value is -0.130. The molecule has 0 aromatic carbocycles. The molecule has 0 amide bonds. The van der Waals surface area contributed by atoms with Gasteiger partial charge in [-0.2, -0.15) is 0 Å². The Labute approximate surface area is 130 Å². The van der Waals surface area contributed by atoms with Gasteiger partial charge in [-0.15, -0.1) is 11.3 Å². The van der Waals surface area contributed by atoms with E-state index < -0.39 is 0 Å². The van der Waals surface area contributed by atoms with Crippen LogP contribution in [0.5, 0.6) is 0 Å². The second-order valence-corrected chi connectivity index (χ2v) is 7.64. The van der Waals surface area contributed by atoms with Crippen LogP contribution < -0.4 is 0 Å². The number of morpholine rings is 1. The van der Waals surface area contributed by atoms with Gasteiger partial charge in [-0.1, -0.05) is 11.6 Å². The first-order chi connectivity index (χ1) is 9.79. The van der Waals surface area contributed by atoms with Gasteiger partial charge in [-0.25, -0.2) is 0 Å². The van der Waals surface area contributed by atoms with Gasteiger partial charge >= 0.3 is 0 Å². The van der Waals surface area contributed by atoms with Crippen LogP contribution in [0.25, 0.3) is 0 Å². The zero-order valence-electron chi connectivity index (χ0n) is 11.9. The number of hydrogen-bond donors (Lipinski definition) is 0. The maximum atomic E-state index is 5.99. The molecule has 0 saturated carbocycles. The maximum Gasteiger partial charge on any atom is 0.0931 e. The minimum Gasteiger partial charge on any atom is -0.379 e. The molecule has 0 bridgehead atoms. The molecule has 1 aromatic rings. The van der Waals surface area contributed by atoms with E-state index in [1.807, 2.05) is 6.07 Å². The maximum absolute atomic E-state index is 5.99. The number of halogens is 1. The van der Waals surface area contributed by atoms with E-state index in [2.05, 4.69) is 15.9 Å². The lowest BCUT2D eigenvalue weighted by molar-refractivity contribution is 0.0242. The number of thiophene rings is 1. The number of rotatable bonds is 4. The molecule has 3 heterocycles. The number of hydrogen-bond acceptors (Lipinski definition) is 4. The van der Waals surface area contributed by atoms with Crippen molar-refractivity contribution in [2.45, 2.75) is 19.4 Å². The second kappa shape index (κ2) is 7.23. The predicted molar refractivity (Wildman–Crippen MR) is 84.6 cm³/mol. The standard InChI is InChI=1S/C15H23ClN2OS/c16-15-2-1-14(20-15)12-17-5-3-13(4-6-17)11-18-7-9-19-10-8-18/h1-2,13H,3-12H2. The summed E-state index contributed by atoms with van der Waals surface area (Å²) in [5.74, 6) is 0.872. The molecule has 112 valence electrons. The summed E-state index contributed by atoms with van der Waals surface area (Å²) in [6.45, 7) is 8.86. The molecule has 3 nitrogen and oxygen atoms in total. The smallest absolute Gasteiger partial charge is 0.0931 e. The van der Waals surface area contributed by atoms with Crippen molar-refractivity contribution in [2.24, 2.45) is 5.92 Å². The molecule has 5 heteroatoms. The fourth-order valence-corrected chi connectivity index (χ4v) is 4.26. The highest BCUT2D eigenvalue weighted by atomic mass is 35.5. The topological polar surface area (TPSA) is 15.7 Å². The van der Waals surface area contributed by atoms with Gasteiger partial charge in [0.25, 0.3) is 0 Å². The largest absolute Gasteiger partial charge is 0.379 e. The van der Waals surface area contributed by atoms with Crippen molar-refractivity contribution < 1.29 is 4.74 Å². The van der Waals surface area contributed by atoms with E-state index in [4.69, 9.17) is 16.3 Å². The molecule has 3 rings (SSSR count). The Kier molecular flexibility index (Phi) is 5.35. The van der Waals surface area contributed by atoms with E-state index in [-0.39, 0.29) is 0 Å². The Morgan fingerprint density at radius 3 is 2.50 bits per heavy atom. The van der Waals surface area contributed by atoms with E-state index >= 15 is 0 Å². The van der Waals surface area contributed by atoms with Crippen LogP contribution in [0.1, 0.15) is 17.7 Å². The van der Waals surface area contributed by atoms with Crippen LogP contribution >= 0.6 is 22.9 Å². The van der Waals surface area contributed by atoms with Crippen molar-refractivity contribution in [1.82, 2.24) is 9.80 Å². The van der Waals surface area contributed by atoms with Gasteiger partial charge in [0.1, 0.15) is 0 Å². The van der Waals surface area contributed by atoms with Gasteiger partial charge in [0, 0.05) is 31.1 Å². The number of ether oxygens (including phenoxy) is 1. The van der Waals surface area contributed by atoms with Crippen LogP contribution in [-0.4, -0.2) is 55.7 Å². The first-order valence-electron chi connectivity index (χ1n) is 7.56. The molecule has 20 heavy (non-hydrogen) atoms. The molecular weight excluding hydrogens is 292 g/mol. The second-order valence-electron chi connectivity index (χ2n) is 5.84. The molecular formula is C15H23ClN2OS. The van der Waals surface area contributed by atoms with Crippen LogP contribution in [0.3, 0.4) is 0 Å². The fraction of sp³-hybridized carbons (Fsp3) is 0.733. The highest BCUT2D eigenvalue weighted by Crippen LogP contribution is 2.25. The van der Waals surface area contributed by atoms with Crippen LogP contribution in [0, 0.1) is 5.92 Å². The lowest BCUT2D eigenvalue weighted by Crippen LogP contribution is -2.42. The summed E-state index contributed by atoms with van der Waals surface area (Å²) in [6.07, 6.45) is 2.66. The summed E-state index contributed by atoms with van der Waals surface area (Å²) in [7, 11) is 0. The summed E-state index contributed by atoms with van der Waals surface area (Å²) < 4.78 is 6.32. The molecule has 2 aliphatic heterocycles. The highest BCUT2D eigenvalue weighted by Gasteiger charge is 2.22. The summed E-state index contributed by atoms with van der Waals surface area (Å²) in [4.78, 5) is 6.53. The SMILES string of the molecule is Clc1ccc(CN2CCC(CN3CCOCC3)CC2)s1. The van der Waals surface area contributed by atoms with Gasteiger partial charge in [-0.05, 0) is 44.0 Å². The minimum atomic E-state index is 0.872. The van der Waals surface area contributed by atoms with Crippen molar-refractivity contribution in [2.75, 3.05) is 45.9 Å². The van der Waals surface area contributed by atoms with Crippen LogP contribution in [0.2, 0.25) is 4.34 Å². The predicted octanol–water partition coefficient (Wildman–Crippen LogP) is 2.95. The van der Waals surface area contributed by atoms with Crippen molar-refractivity contribution >= 4 is 22.9 Å². The number of nitrogens with zero attached hydrogens (tertiary/aromatic N) is 2. The van der Waals surface area contributed by atoms with Gasteiger partial charge < -0.3 is 4.74 Å². The Morgan fingerprint density at radius 1 is 1.10 bits per heavy atom. The van der Waals surface area contributed by atoms with E-state index in [1.165, 1.54) is 37.4 Å². The first kappa shape index (κ1) is 14.8. The van der Waals surface area contributed by atoms with E-state index in [0.29, 0.717) is 0 Å². The van der Waals surface area contributed by atoms with Crippen LogP contribution in [0.4, 0.5) is 0 Å². The van der Waals surface area contributed by atoms with Gasteiger partial charge in [0.15, 0.2) is 0 Å². The zero-order valence-corrected chi connectivity index (χ0v) is 13.5. The Bertz CT molecular complexity index is 412. The third-order valence-corrected chi connectivity index (χ3v) is 5.55. The minimum absolute atomic E-state index is 0.872. The summed E-state index contributed by atoms with van der Waals surface area (Å²) in [5, 5.41) is 0. The molecule has 1 aromatic heterocycles. The van der Waals surface area contributed by atoms with Crippen LogP contribution in [0.15, 0.2) is 12.1 Å². The highest BCUT2D eigenvalue weighted by molar-refractivity contribution is 7.16. The molecule has 0 spiro atoms. The lowest BCUT2D eigenvalue weighted by atomic mass is 9.96. The van der Waals surface area contributed by atoms with E-state index in [1.54, 1.807) is 11.3 Å². The van der Waals surface area contributed by atoms with Crippen molar-refractivity contribution in [3.63, 3.8) is 0 Å². The van der Waals surface area contributed by atoms with E-state index in [9.17, 15) is 0 Å². The van der Waals surface area contributed by atoms with Gasteiger partial charge in [0.2, 0.25) is 0 Å². The van der Waals surface area contributed by atoms with Gasteiger partial charge in [0.05, 0.1) is 17.6 Å².